The normalized spacial score (nSPS) is 17.7. The number of hydrogen-bond acceptors (Lipinski definition) is 6. The number of amides is 1. The van der Waals surface area contributed by atoms with Gasteiger partial charge in [0.05, 0.1) is 19.3 Å². The minimum atomic E-state index is -3.79. The van der Waals surface area contributed by atoms with Gasteiger partial charge in [-0.05, 0) is 6.07 Å². The van der Waals surface area contributed by atoms with Crippen LogP contribution in [0.25, 0.3) is 0 Å². The monoisotopic (exact) mass is 393 g/mol. The van der Waals surface area contributed by atoms with Crippen molar-refractivity contribution in [1.29, 1.82) is 0 Å². The van der Waals surface area contributed by atoms with Crippen molar-refractivity contribution in [2.24, 2.45) is 5.14 Å². The summed E-state index contributed by atoms with van der Waals surface area (Å²) in [6.07, 6.45) is 2.72. The number of aryl methyl sites for hydroxylation is 1. The van der Waals surface area contributed by atoms with Crippen LogP contribution in [0.1, 0.15) is 18.0 Å². The van der Waals surface area contributed by atoms with Crippen molar-refractivity contribution in [2.45, 2.75) is 23.9 Å². The molecule has 27 heavy (non-hydrogen) atoms. The van der Waals surface area contributed by atoms with E-state index in [1.54, 1.807) is 7.11 Å². The van der Waals surface area contributed by atoms with Crippen LogP contribution in [0.15, 0.2) is 41.6 Å². The van der Waals surface area contributed by atoms with Gasteiger partial charge < -0.3 is 15.0 Å². The Bertz CT molecular complexity index is 912. The predicted octanol–water partition coefficient (Wildman–Crippen LogP) is 0.102. The quantitative estimate of drug-likeness (QED) is 0.718. The van der Waals surface area contributed by atoms with Gasteiger partial charge in [0.25, 0.3) is 0 Å². The molecule has 0 spiro atoms. The van der Waals surface area contributed by atoms with Crippen LogP contribution in [-0.2, 0) is 21.4 Å². The first-order valence-corrected chi connectivity index (χ1v) is 10.1. The van der Waals surface area contributed by atoms with E-state index in [2.05, 4.69) is 10.4 Å². The summed E-state index contributed by atoms with van der Waals surface area (Å²) in [6.45, 7) is 2.22. The Kier molecular flexibility index (Phi) is 5.78. The molecule has 9 nitrogen and oxygen atoms in total. The zero-order chi connectivity index (χ0) is 19.4. The third-order valence-corrected chi connectivity index (χ3v) is 5.42. The lowest BCUT2D eigenvalue weighted by Gasteiger charge is -2.37. The minimum absolute atomic E-state index is 0.0277. The van der Waals surface area contributed by atoms with Crippen molar-refractivity contribution < 1.29 is 17.9 Å². The highest BCUT2D eigenvalue weighted by Gasteiger charge is 2.29. The zero-order valence-corrected chi connectivity index (χ0v) is 15.9. The molecule has 1 unspecified atom stereocenters. The van der Waals surface area contributed by atoms with Crippen molar-refractivity contribution in [1.82, 2.24) is 20.0 Å². The third-order valence-electron chi connectivity index (χ3n) is 4.55. The zero-order valence-electron chi connectivity index (χ0n) is 15.0. The molecule has 0 aliphatic carbocycles. The topological polar surface area (TPSA) is 120 Å². The maximum Gasteiger partial charge on any atom is 0.241 e. The Hall–Kier alpha value is -2.43. The fourth-order valence-corrected chi connectivity index (χ4v) is 3.65. The molecule has 1 aromatic carbocycles. The summed E-state index contributed by atoms with van der Waals surface area (Å²) in [7, 11) is -2.18. The molecule has 1 saturated heterocycles. The Balaban J connectivity index is 1.71. The van der Waals surface area contributed by atoms with E-state index < -0.39 is 10.0 Å². The molecule has 1 aromatic heterocycles. The molecule has 1 atom stereocenters. The predicted molar refractivity (Wildman–Crippen MR) is 98.5 cm³/mol. The second-order valence-electron chi connectivity index (χ2n) is 6.28. The van der Waals surface area contributed by atoms with Crippen LogP contribution in [0.5, 0.6) is 5.75 Å². The lowest BCUT2D eigenvalue weighted by atomic mass is 10.0. The van der Waals surface area contributed by atoms with Crippen LogP contribution < -0.4 is 15.2 Å². The van der Waals surface area contributed by atoms with Gasteiger partial charge in [-0.3, -0.25) is 9.48 Å². The Labute approximate surface area is 158 Å². The van der Waals surface area contributed by atoms with E-state index in [0.29, 0.717) is 19.6 Å². The third kappa shape index (κ3) is 4.46. The molecule has 1 aliphatic rings. The Morgan fingerprint density at radius 3 is 2.89 bits per heavy atom. The molecule has 0 saturated carbocycles. The van der Waals surface area contributed by atoms with Crippen LogP contribution >= 0.6 is 0 Å². The Morgan fingerprint density at radius 1 is 1.41 bits per heavy atom. The van der Waals surface area contributed by atoms with Gasteiger partial charge in [-0.1, -0.05) is 18.2 Å². The number of carbonyl (C=O) groups is 1. The number of nitrogens with one attached hydrogen (secondary N) is 1. The lowest BCUT2D eigenvalue weighted by Crippen LogP contribution is -2.49. The maximum absolute atomic E-state index is 12.8. The number of nitrogens with zero attached hydrogens (tertiary/aromatic N) is 3. The molecule has 2 heterocycles. The van der Waals surface area contributed by atoms with E-state index in [-0.39, 0.29) is 29.8 Å². The van der Waals surface area contributed by atoms with Gasteiger partial charge in [0.15, 0.2) is 0 Å². The summed E-state index contributed by atoms with van der Waals surface area (Å²) in [4.78, 5) is 14.6. The first kappa shape index (κ1) is 19.3. The number of carbonyl (C=O) groups excluding carboxylic acids is 1. The average Bonchev–Trinajstić information content (AvgIpc) is 3.15. The van der Waals surface area contributed by atoms with E-state index in [9.17, 15) is 13.2 Å². The first-order chi connectivity index (χ1) is 12.9. The smallest absolute Gasteiger partial charge is 0.241 e. The SMILES string of the molecule is COc1ccccc1C1CNCCN1C(=O)CCn1cc(S(N)(=O)=O)cn1. The number of piperazine rings is 1. The Morgan fingerprint density at radius 2 is 2.19 bits per heavy atom. The summed E-state index contributed by atoms with van der Waals surface area (Å²) < 4.78 is 29.5. The fourth-order valence-electron chi connectivity index (χ4n) is 3.19. The minimum Gasteiger partial charge on any atom is -0.496 e. The van der Waals surface area contributed by atoms with Gasteiger partial charge in [0, 0.05) is 44.4 Å². The van der Waals surface area contributed by atoms with Gasteiger partial charge in [0.2, 0.25) is 15.9 Å². The van der Waals surface area contributed by atoms with Gasteiger partial charge in [-0.25, -0.2) is 13.6 Å². The number of ether oxygens (including phenoxy) is 1. The fraction of sp³-hybridized carbons (Fsp3) is 0.412. The number of nitrogens with two attached hydrogens (primary N) is 1. The molecular weight excluding hydrogens is 370 g/mol. The molecule has 0 bridgehead atoms. The van der Waals surface area contributed by atoms with Crippen LogP contribution in [0.4, 0.5) is 0 Å². The highest BCUT2D eigenvalue weighted by molar-refractivity contribution is 7.89. The van der Waals surface area contributed by atoms with Crippen molar-refractivity contribution in [2.75, 3.05) is 26.7 Å². The molecule has 10 heteroatoms. The number of para-hydroxylation sites is 1. The summed E-state index contributed by atoms with van der Waals surface area (Å²) in [6, 6.07) is 7.53. The van der Waals surface area contributed by atoms with Crippen molar-refractivity contribution in [3.05, 3.63) is 42.2 Å². The number of hydrogen-bond donors (Lipinski definition) is 2. The number of methoxy groups -OCH3 is 1. The average molecular weight is 393 g/mol. The molecular formula is C17H23N5O4S. The standard InChI is InChI=1S/C17H23N5O4S/c1-26-16-5-3-2-4-14(16)15-11-19-7-9-22(15)17(23)6-8-21-12-13(10-20-21)27(18,24)25/h2-5,10,12,15,19H,6-9,11H2,1H3,(H2,18,24,25). The lowest BCUT2D eigenvalue weighted by molar-refractivity contribution is -0.134. The van der Waals surface area contributed by atoms with Crippen LogP contribution in [0, 0.1) is 0 Å². The summed E-state index contributed by atoms with van der Waals surface area (Å²) in [5, 5.41) is 12.4. The second-order valence-corrected chi connectivity index (χ2v) is 7.84. The van der Waals surface area contributed by atoms with Gasteiger partial charge >= 0.3 is 0 Å². The highest BCUT2D eigenvalue weighted by atomic mass is 32.2. The summed E-state index contributed by atoms with van der Waals surface area (Å²) in [5.74, 6) is 0.717. The molecule has 1 aliphatic heterocycles. The number of rotatable bonds is 6. The van der Waals surface area contributed by atoms with Crippen LogP contribution in [0.2, 0.25) is 0 Å². The van der Waals surface area contributed by atoms with Crippen molar-refractivity contribution in [3.63, 3.8) is 0 Å². The van der Waals surface area contributed by atoms with Crippen molar-refractivity contribution >= 4 is 15.9 Å². The van der Waals surface area contributed by atoms with Crippen LogP contribution in [-0.4, -0.2) is 55.7 Å². The number of benzene rings is 1. The van der Waals surface area contributed by atoms with E-state index in [0.717, 1.165) is 11.3 Å². The van der Waals surface area contributed by atoms with E-state index in [1.807, 2.05) is 29.2 Å². The number of aromatic nitrogens is 2. The van der Waals surface area contributed by atoms with E-state index in [1.165, 1.54) is 17.1 Å². The maximum atomic E-state index is 12.8. The van der Waals surface area contributed by atoms with E-state index in [4.69, 9.17) is 9.88 Å². The van der Waals surface area contributed by atoms with Crippen LogP contribution in [0.3, 0.4) is 0 Å². The van der Waals surface area contributed by atoms with Gasteiger partial charge in [-0.2, -0.15) is 5.10 Å². The molecule has 3 N–H and O–H groups in total. The first-order valence-electron chi connectivity index (χ1n) is 8.58. The van der Waals surface area contributed by atoms with Gasteiger partial charge in [-0.15, -0.1) is 0 Å². The molecule has 1 fully saturated rings. The second kappa shape index (κ2) is 8.07. The molecule has 1 amide bonds. The largest absolute Gasteiger partial charge is 0.496 e. The molecule has 0 radical (unpaired) electrons. The van der Waals surface area contributed by atoms with Crippen molar-refractivity contribution in [3.8, 4) is 5.75 Å². The number of sulfonamides is 1. The van der Waals surface area contributed by atoms with Gasteiger partial charge in [0.1, 0.15) is 10.6 Å². The van der Waals surface area contributed by atoms with E-state index >= 15 is 0 Å². The highest BCUT2D eigenvalue weighted by Crippen LogP contribution is 2.30. The molecule has 3 rings (SSSR count). The molecule has 146 valence electrons. The molecule has 2 aromatic rings. The summed E-state index contributed by atoms with van der Waals surface area (Å²) in [5.41, 5.74) is 0.955. The summed E-state index contributed by atoms with van der Waals surface area (Å²) >= 11 is 0. The number of primary sulfonamides is 1.